The lowest BCUT2D eigenvalue weighted by atomic mass is 9.45. The molecule has 0 aliphatic heterocycles. The van der Waals surface area contributed by atoms with Crippen LogP contribution in [0.1, 0.15) is 92.4 Å². The van der Waals surface area contributed by atoms with E-state index in [1.807, 2.05) is 13.0 Å². The van der Waals surface area contributed by atoms with Gasteiger partial charge in [0.05, 0.1) is 11.5 Å². The largest absolute Gasteiger partial charge is 0.389 e. The first kappa shape index (κ1) is 22.2. The molecule has 30 heavy (non-hydrogen) atoms. The number of hydrogen-bond acceptors (Lipinski definition) is 3. The van der Waals surface area contributed by atoms with Crippen LogP contribution in [0.25, 0.3) is 0 Å². The van der Waals surface area contributed by atoms with E-state index in [2.05, 4.69) is 33.8 Å². The highest BCUT2D eigenvalue weighted by atomic mass is 16.3. The molecule has 0 bridgehead atoms. The summed E-state index contributed by atoms with van der Waals surface area (Å²) in [6, 6.07) is 0. The van der Waals surface area contributed by atoms with Crippen LogP contribution in [0.2, 0.25) is 0 Å². The Morgan fingerprint density at radius 2 is 1.87 bits per heavy atom. The fourth-order valence-corrected chi connectivity index (χ4v) is 8.50. The number of rotatable bonds is 5. The zero-order valence-corrected chi connectivity index (χ0v) is 19.7. The van der Waals surface area contributed by atoms with E-state index in [0.717, 1.165) is 44.9 Å². The van der Waals surface area contributed by atoms with Crippen molar-refractivity contribution in [3.8, 4) is 0 Å². The summed E-state index contributed by atoms with van der Waals surface area (Å²) in [5.41, 5.74) is -0.892. The van der Waals surface area contributed by atoms with Gasteiger partial charge in [-0.1, -0.05) is 46.6 Å². The van der Waals surface area contributed by atoms with Crippen LogP contribution in [0, 0.1) is 46.3 Å². The zero-order chi connectivity index (χ0) is 21.9. The minimum atomic E-state index is -0.902. The number of aliphatic hydroxyl groups is 1. The molecule has 1 N–H and O–H groups in total. The molecule has 4 rings (SSSR count). The molecule has 3 nitrogen and oxygen atoms in total. The fourth-order valence-electron chi connectivity index (χ4n) is 8.50. The molecule has 4 aliphatic rings. The fraction of sp³-hybridized carbons (Fsp3) is 0.852. The van der Waals surface area contributed by atoms with Gasteiger partial charge in [-0.2, -0.15) is 0 Å². The average Bonchev–Trinajstić information content (AvgIpc) is 2.92. The summed E-state index contributed by atoms with van der Waals surface area (Å²) in [6.45, 7) is 11.1. The number of Topliss-reactive ketones (excluding diaryl/α,β-unsaturated/α-hetero) is 1. The third-order valence-corrected chi connectivity index (χ3v) is 9.97. The average molecular weight is 415 g/mol. The van der Waals surface area contributed by atoms with Gasteiger partial charge in [0.1, 0.15) is 5.78 Å². The van der Waals surface area contributed by atoms with Crippen LogP contribution in [0.15, 0.2) is 12.2 Å². The van der Waals surface area contributed by atoms with E-state index < -0.39 is 5.60 Å². The van der Waals surface area contributed by atoms with Crippen LogP contribution in [0.5, 0.6) is 0 Å². The first-order valence-corrected chi connectivity index (χ1v) is 12.5. The summed E-state index contributed by atoms with van der Waals surface area (Å²) >= 11 is 0. The van der Waals surface area contributed by atoms with Crippen molar-refractivity contribution in [3.63, 3.8) is 0 Å². The maximum Gasteiger partial charge on any atom is 0.155 e. The van der Waals surface area contributed by atoms with Gasteiger partial charge in [0.25, 0.3) is 0 Å². The highest BCUT2D eigenvalue weighted by Crippen LogP contribution is 2.67. The van der Waals surface area contributed by atoms with Crippen molar-refractivity contribution in [2.24, 2.45) is 46.3 Å². The van der Waals surface area contributed by atoms with Gasteiger partial charge >= 0.3 is 0 Å². The SMILES string of the molecule is CC(C)CCC[C@](C)(O)[C@H]1C(=O)CC2C3CCC4CC(=O)C=C[C@]4(C)C3CC[C@@]21C. The Kier molecular flexibility index (Phi) is 5.61. The smallest absolute Gasteiger partial charge is 0.155 e. The van der Waals surface area contributed by atoms with E-state index >= 15 is 0 Å². The maximum atomic E-state index is 13.4. The first-order chi connectivity index (χ1) is 14.0. The Morgan fingerprint density at radius 3 is 2.57 bits per heavy atom. The van der Waals surface area contributed by atoms with Gasteiger partial charge in [0.15, 0.2) is 5.78 Å². The minimum absolute atomic E-state index is 0.0863. The summed E-state index contributed by atoms with van der Waals surface area (Å²) in [5, 5.41) is 11.5. The van der Waals surface area contributed by atoms with Crippen LogP contribution < -0.4 is 0 Å². The standard InChI is InChI=1S/C27H42O3/c1-17(2)7-6-12-27(5,30)24-23(29)16-22-20-9-8-18-15-19(28)10-13-25(18,3)21(20)11-14-26(22,24)4/h10,13,17-18,20-22,24,30H,6-9,11-12,14-16H2,1-5H3/t18?,20?,21?,22?,24-,25-,26-,27-/m0/s1. The van der Waals surface area contributed by atoms with Crippen molar-refractivity contribution >= 4 is 11.6 Å². The molecule has 4 unspecified atom stereocenters. The van der Waals surface area contributed by atoms with Gasteiger partial charge < -0.3 is 5.11 Å². The molecule has 0 aromatic heterocycles. The minimum Gasteiger partial charge on any atom is -0.389 e. The second-order valence-corrected chi connectivity index (χ2v) is 12.3. The van der Waals surface area contributed by atoms with E-state index in [1.54, 1.807) is 0 Å². The van der Waals surface area contributed by atoms with Gasteiger partial charge in [-0.3, -0.25) is 9.59 Å². The van der Waals surface area contributed by atoms with Gasteiger partial charge in [0.2, 0.25) is 0 Å². The van der Waals surface area contributed by atoms with E-state index in [4.69, 9.17) is 0 Å². The Bertz CT molecular complexity index is 734. The summed E-state index contributed by atoms with van der Waals surface area (Å²) in [4.78, 5) is 25.4. The predicted molar refractivity (Wildman–Crippen MR) is 120 cm³/mol. The van der Waals surface area contributed by atoms with Crippen molar-refractivity contribution in [3.05, 3.63) is 12.2 Å². The van der Waals surface area contributed by atoms with E-state index in [9.17, 15) is 14.7 Å². The first-order valence-electron chi connectivity index (χ1n) is 12.5. The lowest BCUT2D eigenvalue weighted by Gasteiger charge is -2.59. The van der Waals surface area contributed by atoms with Crippen LogP contribution in [-0.4, -0.2) is 22.3 Å². The van der Waals surface area contributed by atoms with Gasteiger partial charge in [-0.15, -0.1) is 0 Å². The van der Waals surface area contributed by atoms with Gasteiger partial charge in [-0.05, 0) is 85.5 Å². The molecule has 0 aromatic carbocycles. The van der Waals surface area contributed by atoms with E-state index in [-0.39, 0.29) is 22.5 Å². The molecule has 3 fully saturated rings. The summed E-state index contributed by atoms with van der Waals surface area (Å²) in [7, 11) is 0. The molecule has 3 heteroatoms. The molecule has 8 atom stereocenters. The molecule has 0 aromatic rings. The Hall–Kier alpha value is -0.960. The Labute approximate surface area is 183 Å². The van der Waals surface area contributed by atoms with Crippen LogP contribution in [0.4, 0.5) is 0 Å². The number of fused-ring (bicyclic) bond motifs is 5. The quantitative estimate of drug-likeness (QED) is 0.623. The molecule has 0 amide bonds. The zero-order valence-electron chi connectivity index (χ0n) is 19.7. The second kappa shape index (κ2) is 7.57. The summed E-state index contributed by atoms with van der Waals surface area (Å²) in [6.07, 6.45) is 12.6. The molecule has 168 valence electrons. The molecule has 0 saturated heterocycles. The van der Waals surface area contributed by atoms with Crippen molar-refractivity contribution in [2.45, 2.75) is 98.0 Å². The Balaban J connectivity index is 1.58. The normalized spacial score (nSPS) is 45.1. The number of hydrogen-bond donors (Lipinski definition) is 1. The number of ketones is 2. The molecule has 3 saturated carbocycles. The predicted octanol–water partition coefficient (Wildman–Crippen LogP) is 5.75. The van der Waals surface area contributed by atoms with Crippen LogP contribution in [0.3, 0.4) is 0 Å². The van der Waals surface area contributed by atoms with Gasteiger partial charge in [0, 0.05) is 12.8 Å². The number of carbonyl (C=O) groups excluding carboxylic acids is 2. The molecule has 4 aliphatic carbocycles. The second-order valence-electron chi connectivity index (χ2n) is 12.3. The molecule has 0 radical (unpaired) electrons. The number of carbonyl (C=O) groups is 2. The van der Waals surface area contributed by atoms with Crippen molar-refractivity contribution in [2.75, 3.05) is 0 Å². The monoisotopic (exact) mass is 414 g/mol. The highest BCUT2D eigenvalue weighted by molar-refractivity contribution is 5.91. The van der Waals surface area contributed by atoms with Gasteiger partial charge in [-0.25, -0.2) is 0 Å². The molecule has 0 spiro atoms. The lowest BCUT2D eigenvalue weighted by molar-refractivity contribution is -0.142. The number of allylic oxidation sites excluding steroid dienone is 2. The Morgan fingerprint density at radius 1 is 1.13 bits per heavy atom. The van der Waals surface area contributed by atoms with Crippen LogP contribution in [-0.2, 0) is 9.59 Å². The van der Waals surface area contributed by atoms with E-state index in [0.29, 0.717) is 48.2 Å². The summed E-state index contributed by atoms with van der Waals surface area (Å²) < 4.78 is 0. The van der Waals surface area contributed by atoms with Crippen molar-refractivity contribution < 1.29 is 14.7 Å². The third kappa shape index (κ3) is 3.44. The van der Waals surface area contributed by atoms with Crippen molar-refractivity contribution in [1.29, 1.82) is 0 Å². The molecular weight excluding hydrogens is 372 g/mol. The summed E-state index contributed by atoms with van der Waals surface area (Å²) in [5.74, 6) is 2.95. The van der Waals surface area contributed by atoms with E-state index in [1.165, 1.54) is 0 Å². The highest BCUT2D eigenvalue weighted by Gasteiger charge is 2.64. The van der Waals surface area contributed by atoms with Crippen LogP contribution >= 0.6 is 0 Å². The topological polar surface area (TPSA) is 54.4 Å². The van der Waals surface area contributed by atoms with Crippen molar-refractivity contribution in [1.82, 2.24) is 0 Å². The molecular formula is C27H42O3. The maximum absolute atomic E-state index is 13.4. The molecule has 0 heterocycles. The lowest BCUT2D eigenvalue weighted by Crippen LogP contribution is -2.54. The third-order valence-electron chi connectivity index (χ3n) is 9.97.